The normalized spacial score (nSPS) is 11.3. The van der Waals surface area contributed by atoms with Gasteiger partial charge < -0.3 is 10.1 Å². The number of hydrogen-bond acceptors (Lipinski definition) is 3. The number of esters is 1. The van der Waals surface area contributed by atoms with Gasteiger partial charge in [0, 0.05) is 16.6 Å². The third-order valence-corrected chi connectivity index (χ3v) is 3.52. The molecular weight excluding hydrogens is 353 g/mol. The van der Waals surface area contributed by atoms with Crippen molar-refractivity contribution in [1.29, 1.82) is 0 Å². The maximum atomic E-state index is 11.4. The number of methoxy groups -OCH3 is 1. The van der Waals surface area contributed by atoms with Gasteiger partial charge in [0.15, 0.2) is 0 Å². The van der Waals surface area contributed by atoms with Crippen molar-refractivity contribution in [3.05, 3.63) is 38.3 Å². The van der Waals surface area contributed by atoms with Crippen LogP contribution >= 0.6 is 39.1 Å². The number of ether oxygens (including phenoxy) is 1. The first-order valence-electron chi connectivity index (χ1n) is 5.65. The molecule has 0 fully saturated rings. The quantitative estimate of drug-likeness (QED) is 0.607. The molecule has 0 aliphatic carbocycles. The van der Waals surface area contributed by atoms with Crippen molar-refractivity contribution >= 4 is 50.8 Å². The summed E-state index contributed by atoms with van der Waals surface area (Å²) in [6.07, 6.45) is 2.37. The number of benzene rings is 1. The summed E-state index contributed by atoms with van der Waals surface area (Å²) < 4.78 is 5.49. The molecule has 0 amide bonds. The van der Waals surface area contributed by atoms with Crippen LogP contribution in [0.25, 0.3) is 0 Å². The van der Waals surface area contributed by atoms with E-state index in [0.717, 1.165) is 4.47 Å². The maximum absolute atomic E-state index is 11.4. The summed E-state index contributed by atoms with van der Waals surface area (Å²) in [5.41, 5.74) is 1.25. The van der Waals surface area contributed by atoms with Crippen molar-refractivity contribution in [2.45, 2.75) is 13.3 Å². The van der Waals surface area contributed by atoms with E-state index in [1.165, 1.54) is 7.11 Å². The lowest BCUT2D eigenvalue weighted by atomic mass is 10.2. The minimum atomic E-state index is -0.322. The second-order valence-electron chi connectivity index (χ2n) is 3.70. The lowest BCUT2D eigenvalue weighted by Gasteiger charge is -2.10. The van der Waals surface area contributed by atoms with E-state index < -0.39 is 0 Å². The largest absolute Gasteiger partial charge is 0.466 e. The number of hydrogen-bond donors (Lipinski definition) is 1. The van der Waals surface area contributed by atoms with E-state index >= 15 is 0 Å². The van der Waals surface area contributed by atoms with Gasteiger partial charge >= 0.3 is 5.97 Å². The lowest BCUT2D eigenvalue weighted by Crippen LogP contribution is -2.07. The average molecular weight is 367 g/mol. The molecule has 0 saturated carbocycles. The van der Waals surface area contributed by atoms with Gasteiger partial charge in [-0.1, -0.05) is 52.1 Å². The average Bonchev–Trinajstić information content (AvgIpc) is 2.36. The molecule has 1 N–H and O–H groups in total. The molecular formula is C13H14BrCl2NO2. The first-order chi connectivity index (χ1) is 8.99. The number of carbonyl (C=O) groups is 1. The van der Waals surface area contributed by atoms with E-state index in [1.807, 2.05) is 6.92 Å². The van der Waals surface area contributed by atoms with Crippen LogP contribution in [-0.4, -0.2) is 19.6 Å². The van der Waals surface area contributed by atoms with Crippen LogP contribution in [0.15, 0.2) is 28.3 Å². The Kier molecular flexibility index (Phi) is 6.69. The van der Waals surface area contributed by atoms with Gasteiger partial charge in [-0.2, -0.15) is 0 Å². The number of rotatable bonds is 5. The van der Waals surface area contributed by atoms with Gasteiger partial charge in [-0.15, -0.1) is 0 Å². The van der Waals surface area contributed by atoms with Crippen LogP contribution in [0.5, 0.6) is 0 Å². The van der Waals surface area contributed by atoms with Gasteiger partial charge in [0.1, 0.15) is 0 Å². The second-order valence-corrected chi connectivity index (χ2v) is 5.43. The van der Waals surface area contributed by atoms with Crippen molar-refractivity contribution in [2.24, 2.45) is 0 Å². The molecule has 0 aromatic heterocycles. The molecule has 0 saturated heterocycles. The Morgan fingerprint density at radius 2 is 2.00 bits per heavy atom. The van der Waals surface area contributed by atoms with E-state index in [1.54, 1.807) is 18.2 Å². The zero-order valence-corrected chi connectivity index (χ0v) is 13.7. The first kappa shape index (κ1) is 16.3. The maximum Gasteiger partial charge on any atom is 0.333 e. The third-order valence-electron chi connectivity index (χ3n) is 2.46. The number of anilines is 1. The van der Waals surface area contributed by atoms with E-state index in [0.29, 0.717) is 34.3 Å². The molecule has 0 atom stereocenters. The van der Waals surface area contributed by atoms with Gasteiger partial charge in [0.05, 0.1) is 22.8 Å². The summed E-state index contributed by atoms with van der Waals surface area (Å²) in [5.74, 6) is -0.322. The predicted octanol–water partition coefficient (Wildman–Crippen LogP) is 4.68. The molecule has 6 heteroatoms. The summed E-state index contributed by atoms with van der Waals surface area (Å²) >= 11 is 15.5. The van der Waals surface area contributed by atoms with E-state index in [-0.39, 0.29) is 5.97 Å². The van der Waals surface area contributed by atoms with E-state index in [9.17, 15) is 4.79 Å². The monoisotopic (exact) mass is 365 g/mol. The fourth-order valence-electron chi connectivity index (χ4n) is 1.49. The molecule has 0 bridgehead atoms. The second kappa shape index (κ2) is 7.78. The summed E-state index contributed by atoms with van der Waals surface area (Å²) in [6.45, 7) is 2.34. The number of carbonyl (C=O) groups excluding carboxylic acids is 1. The van der Waals surface area contributed by atoms with Crippen molar-refractivity contribution in [3.8, 4) is 0 Å². The van der Waals surface area contributed by atoms with Gasteiger partial charge in [-0.3, -0.25) is 0 Å². The summed E-state index contributed by atoms with van der Waals surface area (Å²) in [4.78, 5) is 11.4. The molecule has 0 heterocycles. The van der Waals surface area contributed by atoms with Gasteiger partial charge in [0.25, 0.3) is 0 Å². The first-order valence-corrected chi connectivity index (χ1v) is 7.20. The topological polar surface area (TPSA) is 38.3 Å². The van der Waals surface area contributed by atoms with E-state index in [4.69, 9.17) is 23.2 Å². The van der Waals surface area contributed by atoms with Crippen molar-refractivity contribution in [1.82, 2.24) is 0 Å². The summed E-state index contributed by atoms with van der Waals surface area (Å²) in [5, 5.41) is 4.12. The zero-order chi connectivity index (χ0) is 14.4. The Balaban J connectivity index is 2.77. The standard InChI is InChI=1S/C13H14BrCl2NO2/c1-3-8(13(18)19-2)4-5-17-12-10(15)6-9(14)7-11(12)16/h4,6-7,17H,3,5H2,1-2H3. The Morgan fingerprint density at radius 1 is 1.42 bits per heavy atom. The van der Waals surface area contributed by atoms with Crippen LogP contribution in [0.2, 0.25) is 10.0 Å². The molecule has 104 valence electrons. The SMILES string of the molecule is CCC(=CCNc1c(Cl)cc(Br)cc1Cl)C(=O)OC. The highest BCUT2D eigenvalue weighted by Gasteiger charge is 2.08. The van der Waals surface area contributed by atoms with Gasteiger partial charge in [0.2, 0.25) is 0 Å². The molecule has 19 heavy (non-hydrogen) atoms. The fraction of sp³-hybridized carbons (Fsp3) is 0.308. The molecule has 0 unspecified atom stereocenters. The molecule has 1 aromatic carbocycles. The Labute approximate surface area is 131 Å². The van der Waals surface area contributed by atoms with Crippen LogP contribution in [0.3, 0.4) is 0 Å². The van der Waals surface area contributed by atoms with Crippen LogP contribution in [0, 0.1) is 0 Å². The number of halogens is 3. The molecule has 1 aromatic rings. The Hall–Kier alpha value is -0.710. The van der Waals surface area contributed by atoms with Crippen molar-refractivity contribution < 1.29 is 9.53 Å². The van der Waals surface area contributed by atoms with Crippen LogP contribution in [0.4, 0.5) is 5.69 Å². The molecule has 1 rings (SSSR count). The van der Waals surface area contributed by atoms with Crippen LogP contribution < -0.4 is 5.32 Å². The number of nitrogens with one attached hydrogen (secondary N) is 1. The molecule has 0 spiro atoms. The lowest BCUT2D eigenvalue weighted by molar-refractivity contribution is -0.136. The van der Waals surface area contributed by atoms with Crippen molar-refractivity contribution in [3.63, 3.8) is 0 Å². The van der Waals surface area contributed by atoms with Gasteiger partial charge in [-0.25, -0.2) is 4.79 Å². The molecule has 3 nitrogen and oxygen atoms in total. The van der Waals surface area contributed by atoms with Crippen LogP contribution in [-0.2, 0) is 9.53 Å². The Bertz CT molecular complexity index is 480. The zero-order valence-electron chi connectivity index (χ0n) is 10.6. The fourth-order valence-corrected chi connectivity index (χ4v) is 2.83. The molecule has 0 radical (unpaired) electrons. The minimum Gasteiger partial charge on any atom is -0.466 e. The van der Waals surface area contributed by atoms with Crippen LogP contribution in [0.1, 0.15) is 13.3 Å². The Morgan fingerprint density at radius 3 is 2.47 bits per heavy atom. The highest BCUT2D eigenvalue weighted by Crippen LogP contribution is 2.33. The van der Waals surface area contributed by atoms with Gasteiger partial charge in [-0.05, 0) is 18.6 Å². The summed E-state index contributed by atoms with van der Waals surface area (Å²) in [6, 6.07) is 3.50. The van der Waals surface area contributed by atoms with Crippen molar-refractivity contribution in [2.75, 3.05) is 19.0 Å². The predicted molar refractivity (Wildman–Crippen MR) is 83.0 cm³/mol. The molecule has 0 aliphatic heterocycles. The summed E-state index contributed by atoms with van der Waals surface area (Å²) in [7, 11) is 1.36. The highest BCUT2D eigenvalue weighted by molar-refractivity contribution is 9.10. The molecule has 0 aliphatic rings. The third kappa shape index (κ3) is 4.71. The minimum absolute atomic E-state index is 0.322. The van der Waals surface area contributed by atoms with E-state index in [2.05, 4.69) is 26.0 Å². The smallest absolute Gasteiger partial charge is 0.333 e. The highest BCUT2D eigenvalue weighted by atomic mass is 79.9.